The van der Waals surface area contributed by atoms with Crippen LogP contribution in [0.15, 0.2) is 60.5 Å². The Labute approximate surface area is 167 Å². The maximum atomic E-state index is 11.2. The van der Waals surface area contributed by atoms with Crippen LogP contribution >= 0.6 is 11.3 Å². The summed E-state index contributed by atoms with van der Waals surface area (Å²) < 4.78 is 5.06. The van der Waals surface area contributed by atoms with Gasteiger partial charge in [-0.1, -0.05) is 30.3 Å². The van der Waals surface area contributed by atoms with Crippen LogP contribution in [0.25, 0.3) is 21.8 Å². The second kappa shape index (κ2) is 8.77. The number of thiazole rings is 1. The topological polar surface area (TPSA) is 68.5 Å². The minimum Gasteiger partial charge on any atom is -0.490 e. The molecule has 0 radical (unpaired) electrons. The molecule has 0 unspecified atom stereocenters. The van der Waals surface area contributed by atoms with Gasteiger partial charge in [0.1, 0.15) is 5.01 Å². The van der Waals surface area contributed by atoms with Crippen LogP contribution in [0.5, 0.6) is 5.75 Å². The van der Waals surface area contributed by atoms with Gasteiger partial charge in [0, 0.05) is 35.7 Å². The number of methoxy groups -OCH3 is 1. The van der Waals surface area contributed by atoms with Gasteiger partial charge in [0.25, 0.3) is 0 Å². The van der Waals surface area contributed by atoms with Crippen LogP contribution in [0, 0.1) is 10.1 Å². The van der Waals surface area contributed by atoms with Crippen LogP contribution in [0.1, 0.15) is 5.56 Å². The summed E-state index contributed by atoms with van der Waals surface area (Å²) >= 11 is 1.46. The molecular formula is C21H21N3O3S. The van der Waals surface area contributed by atoms with Crippen molar-refractivity contribution in [2.24, 2.45) is 0 Å². The predicted molar refractivity (Wildman–Crippen MR) is 113 cm³/mol. The third kappa shape index (κ3) is 4.44. The highest BCUT2D eigenvalue weighted by atomic mass is 32.1. The molecule has 2 aromatic carbocycles. The summed E-state index contributed by atoms with van der Waals surface area (Å²) in [4.78, 5) is 17.6. The van der Waals surface area contributed by atoms with Gasteiger partial charge in [-0.05, 0) is 24.7 Å². The Morgan fingerprint density at radius 2 is 1.96 bits per heavy atom. The fourth-order valence-corrected chi connectivity index (χ4v) is 3.71. The van der Waals surface area contributed by atoms with E-state index in [0.29, 0.717) is 5.56 Å². The molecule has 0 atom stereocenters. The number of hydrogen-bond donors (Lipinski definition) is 0. The molecule has 3 rings (SSSR count). The molecule has 0 aliphatic carbocycles. The molecule has 144 valence electrons. The van der Waals surface area contributed by atoms with E-state index >= 15 is 0 Å². The normalized spacial score (nSPS) is 10.8. The van der Waals surface area contributed by atoms with Crippen molar-refractivity contribution in [2.45, 2.75) is 6.54 Å². The lowest BCUT2D eigenvalue weighted by Crippen LogP contribution is -2.17. The quantitative estimate of drug-likeness (QED) is 0.305. The summed E-state index contributed by atoms with van der Waals surface area (Å²) in [7, 11) is 3.47. The first-order chi connectivity index (χ1) is 13.5. The van der Waals surface area contributed by atoms with Gasteiger partial charge >= 0.3 is 5.69 Å². The van der Waals surface area contributed by atoms with Crippen LogP contribution in [-0.4, -0.2) is 35.5 Å². The van der Waals surface area contributed by atoms with E-state index in [0.717, 1.165) is 29.4 Å². The van der Waals surface area contributed by atoms with Gasteiger partial charge in [0.05, 0.1) is 17.7 Å². The van der Waals surface area contributed by atoms with Gasteiger partial charge in [-0.3, -0.25) is 15.0 Å². The summed E-state index contributed by atoms with van der Waals surface area (Å²) in [5, 5.41) is 13.9. The number of ether oxygens (including phenoxy) is 1. The number of likely N-dealkylation sites (N-methyl/N-ethyl adjacent to an activating group) is 1. The Hall–Kier alpha value is -3.03. The fraction of sp³-hybridized carbons (Fsp3) is 0.190. The maximum Gasteiger partial charge on any atom is 0.311 e. The first-order valence-electron chi connectivity index (χ1n) is 8.69. The van der Waals surface area contributed by atoms with Gasteiger partial charge in [0.15, 0.2) is 5.75 Å². The smallest absolute Gasteiger partial charge is 0.311 e. The predicted octanol–water partition coefficient (Wildman–Crippen LogP) is 5.01. The van der Waals surface area contributed by atoms with Crippen LogP contribution < -0.4 is 4.74 Å². The minimum atomic E-state index is -0.445. The average Bonchev–Trinajstić information content (AvgIpc) is 3.18. The van der Waals surface area contributed by atoms with E-state index < -0.39 is 4.92 Å². The number of hydrogen-bond acceptors (Lipinski definition) is 6. The second-order valence-corrected chi connectivity index (χ2v) is 7.22. The SMILES string of the molecule is C=CCN(C)Cc1ccc(-c2csc(-c3ccc(OC)c([N+](=O)[O-])c3)n2)cc1. The lowest BCUT2D eigenvalue weighted by Gasteiger charge is -2.14. The summed E-state index contributed by atoms with van der Waals surface area (Å²) in [6, 6.07) is 13.2. The number of aromatic nitrogens is 1. The van der Waals surface area contributed by atoms with E-state index in [1.807, 2.05) is 23.6 Å². The zero-order valence-electron chi connectivity index (χ0n) is 15.8. The molecule has 0 bridgehead atoms. The number of rotatable bonds is 8. The van der Waals surface area contributed by atoms with Crippen LogP contribution in [0.4, 0.5) is 5.69 Å². The fourth-order valence-electron chi connectivity index (χ4n) is 2.88. The highest BCUT2D eigenvalue weighted by Gasteiger charge is 2.17. The molecule has 6 nitrogen and oxygen atoms in total. The molecule has 28 heavy (non-hydrogen) atoms. The van der Waals surface area contributed by atoms with E-state index in [1.165, 1.54) is 30.1 Å². The molecule has 0 saturated carbocycles. The highest BCUT2D eigenvalue weighted by molar-refractivity contribution is 7.13. The molecule has 1 heterocycles. The van der Waals surface area contributed by atoms with Crippen LogP contribution in [0.3, 0.4) is 0 Å². The van der Waals surface area contributed by atoms with Gasteiger partial charge in [-0.25, -0.2) is 4.98 Å². The first-order valence-corrected chi connectivity index (χ1v) is 9.57. The van der Waals surface area contributed by atoms with Crippen molar-refractivity contribution >= 4 is 17.0 Å². The number of benzene rings is 2. The Morgan fingerprint density at radius 3 is 2.61 bits per heavy atom. The van der Waals surface area contributed by atoms with E-state index in [9.17, 15) is 10.1 Å². The summed E-state index contributed by atoms with van der Waals surface area (Å²) in [6.07, 6.45) is 1.88. The summed E-state index contributed by atoms with van der Waals surface area (Å²) in [6.45, 7) is 5.44. The third-order valence-corrected chi connectivity index (χ3v) is 5.16. The molecule has 7 heteroatoms. The molecule has 0 aliphatic rings. The van der Waals surface area contributed by atoms with Crippen molar-refractivity contribution in [3.05, 3.63) is 76.2 Å². The zero-order valence-corrected chi connectivity index (χ0v) is 16.6. The zero-order chi connectivity index (χ0) is 20.1. The van der Waals surface area contributed by atoms with Crippen molar-refractivity contribution < 1.29 is 9.66 Å². The molecule has 1 aromatic heterocycles. The van der Waals surface area contributed by atoms with Crippen molar-refractivity contribution in [3.8, 4) is 27.6 Å². The van der Waals surface area contributed by atoms with Gasteiger partial charge < -0.3 is 4.74 Å². The lowest BCUT2D eigenvalue weighted by atomic mass is 10.1. The third-order valence-electron chi connectivity index (χ3n) is 4.27. The van der Waals surface area contributed by atoms with E-state index in [2.05, 4.69) is 35.6 Å². The molecule has 0 saturated heterocycles. The molecule has 0 spiro atoms. The van der Waals surface area contributed by atoms with Crippen molar-refractivity contribution in [3.63, 3.8) is 0 Å². The largest absolute Gasteiger partial charge is 0.490 e. The van der Waals surface area contributed by atoms with E-state index in [-0.39, 0.29) is 11.4 Å². The Bertz CT molecular complexity index is 983. The van der Waals surface area contributed by atoms with Gasteiger partial charge in [0.2, 0.25) is 0 Å². The molecule has 0 N–H and O–H groups in total. The standard InChI is InChI=1S/C21H21N3O3S/c1-4-11-23(2)13-15-5-7-16(8-6-15)18-14-28-21(22-18)17-9-10-20(27-3)19(12-17)24(25)26/h4-10,12,14H,1,11,13H2,2-3H3. The first kappa shape index (κ1) is 19.7. The van der Waals surface area contributed by atoms with Crippen molar-refractivity contribution in [1.82, 2.24) is 9.88 Å². The van der Waals surface area contributed by atoms with E-state index in [1.54, 1.807) is 12.1 Å². The summed E-state index contributed by atoms with van der Waals surface area (Å²) in [5.41, 5.74) is 3.72. The Morgan fingerprint density at radius 1 is 1.25 bits per heavy atom. The Balaban J connectivity index is 1.81. The number of nitro benzene ring substituents is 1. The number of nitro groups is 1. The second-order valence-electron chi connectivity index (χ2n) is 6.36. The molecular weight excluding hydrogens is 374 g/mol. The van der Waals surface area contributed by atoms with Crippen LogP contribution in [-0.2, 0) is 6.54 Å². The Kier molecular flexibility index (Phi) is 6.18. The van der Waals surface area contributed by atoms with Crippen LogP contribution in [0.2, 0.25) is 0 Å². The highest BCUT2D eigenvalue weighted by Crippen LogP contribution is 2.35. The summed E-state index contributed by atoms with van der Waals surface area (Å²) in [5.74, 6) is 0.238. The molecule has 0 aliphatic heterocycles. The lowest BCUT2D eigenvalue weighted by molar-refractivity contribution is -0.385. The van der Waals surface area contributed by atoms with E-state index in [4.69, 9.17) is 4.74 Å². The number of nitrogens with zero attached hydrogens (tertiary/aromatic N) is 3. The van der Waals surface area contributed by atoms with Crippen molar-refractivity contribution in [1.29, 1.82) is 0 Å². The monoisotopic (exact) mass is 395 g/mol. The van der Waals surface area contributed by atoms with Crippen molar-refractivity contribution in [2.75, 3.05) is 20.7 Å². The molecule has 0 fully saturated rings. The minimum absolute atomic E-state index is 0.0650. The van der Waals surface area contributed by atoms with Gasteiger partial charge in [-0.2, -0.15) is 0 Å². The molecule has 3 aromatic rings. The van der Waals surface area contributed by atoms with Gasteiger partial charge in [-0.15, -0.1) is 17.9 Å². The molecule has 0 amide bonds. The average molecular weight is 395 g/mol. The maximum absolute atomic E-state index is 11.2.